The van der Waals surface area contributed by atoms with Gasteiger partial charge < -0.3 is 10.1 Å². The Hall–Kier alpha value is -1.06. The first-order valence-electron chi connectivity index (χ1n) is 7.92. The zero-order valence-corrected chi connectivity index (χ0v) is 14.8. The van der Waals surface area contributed by atoms with Crippen LogP contribution in [0, 0.1) is 16.7 Å². The highest BCUT2D eigenvalue weighted by atomic mass is 16.5. The molecule has 21 heavy (non-hydrogen) atoms. The molecule has 0 aromatic heterocycles. The molecule has 4 heteroatoms. The Morgan fingerprint density at radius 1 is 1.14 bits per heavy atom. The van der Waals surface area contributed by atoms with E-state index in [1.165, 1.54) is 0 Å². The number of carbonyl (C=O) groups is 2. The zero-order chi connectivity index (χ0) is 16.7. The number of amides is 1. The van der Waals surface area contributed by atoms with E-state index in [0.29, 0.717) is 38.3 Å². The molecule has 0 fully saturated rings. The summed E-state index contributed by atoms with van der Waals surface area (Å²) < 4.78 is 4.96. The van der Waals surface area contributed by atoms with Crippen LogP contribution >= 0.6 is 0 Å². The molecule has 0 aliphatic rings. The largest absolute Gasteiger partial charge is 0.466 e. The van der Waals surface area contributed by atoms with Crippen molar-refractivity contribution < 1.29 is 14.3 Å². The molecule has 0 aromatic rings. The van der Waals surface area contributed by atoms with Crippen molar-refractivity contribution in [2.24, 2.45) is 16.7 Å². The standard InChI is InChI=1S/C17H33NO3/c1-8-21-15(20)11-16(4,5)10-9-14(19)18-12-17(6,7)13(2)3/h13H,8-12H2,1-7H3,(H,18,19). The summed E-state index contributed by atoms with van der Waals surface area (Å²) in [6, 6.07) is 0. The lowest BCUT2D eigenvalue weighted by molar-refractivity contribution is -0.145. The molecule has 0 aliphatic carbocycles. The molecule has 0 unspecified atom stereocenters. The van der Waals surface area contributed by atoms with E-state index in [1.807, 2.05) is 13.8 Å². The first-order valence-corrected chi connectivity index (χ1v) is 7.92. The monoisotopic (exact) mass is 299 g/mol. The van der Waals surface area contributed by atoms with Gasteiger partial charge in [-0.3, -0.25) is 9.59 Å². The van der Waals surface area contributed by atoms with Crippen LogP contribution < -0.4 is 5.32 Å². The highest BCUT2D eigenvalue weighted by Crippen LogP contribution is 2.28. The van der Waals surface area contributed by atoms with E-state index < -0.39 is 0 Å². The van der Waals surface area contributed by atoms with Gasteiger partial charge in [-0.15, -0.1) is 0 Å². The van der Waals surface area contributed by atoms with Crippen molar-refractivity contribution in [3.8, 4) is 0 Å². The summed E-state index contributed by atoms with van der Waals surface area (Å²) in [7, 11) is 0. The maximum absolute atomic E-state index is 11.9. The smallest absolute Gasteiger partial charge is 0.306 e. The summed E-state index contributed by atoms with van der Waals surface area (Å²) in [5, 5.41) is 3.00. The van der Waals surface area contributed by atoms with Crippen LogP contribution in [0.1, 0.15) is 67.7 Å². The maximum atomic E-state index is 11.9. The van der Waals surface area contributed by atoms with Gasteiger partial charge >= 0.3 is 5.97 Å². The predicted molar refractivity (Wildman–Crippen MR) is 85.9 cm³/mol. The lowest BCUT2D eigenvalue weighted by Crippen LogP contribution is -2.37. The van der Waals surface area contributed by atoms with Crippen molar-refractivity contribution in [1.29, 1.82) is 0 Å². The second-order valence-electron chi connectivity index (χ2n) is 7.57. The number of nitrogens with one attached hydrogen (secondary N) is 1. The Kier molecular flexibility index (Phi) is 7.98. The van der Waals surface area contributed by atoms with E-state index in [-0.39, 0.29) is 22.7 Å². The minimum Gasteiger partial charge on any atom is -0.466 e. The highest BCUT2D eigenvalue weighted by molar-refractivity contribution is 5.76. The number of esters is 1. The first kappa shape index (κ1) is 19.9. The SMILES string of the molecule is CCOC(=O)CC(C)(C)CCC(=O)NCC(C)(C)C(C)C. The first-order chi connectivity index (χ1) is 9.50. The van der Waals surface area contributed by atoms with Gasteiger partial charge in [0.1, 0.15) is 0 Å². The van der Waals surface area contributed by atoms with Crippen molar-refractivity contribution in [3.05, 3.63) is 0 Å². The number of carbonyl (C=O) groups excluding carboxylic acids is 2. The molecule has 0 saturated heterocycles. The van der Waals surface area contributed by atoms with Gasteiger partial charge in [0.2, 0.25) is 5.91 Å². The molecule has 124 valence electrons. The molecule has 0 rings (SSSR count). The Labute approximate surface area is 130 Å². The summed E-state index contributed by atoms with van der Waals surface area (Å²) in [6.07, 6.45) is 1.48. The Morgan fingerprint density at radius 2 is 1.71 bits per heavy atom. The number of ether oxygens (including phenoxy) is 1. The molecule has 1 amide bonds. The highest BCUT2D eigenvalue weighted by Gasteiger charge is 2.25. The second-order valence-corrected chi connectivity index (χ2v) is 7.57. The minimum absolute atomic E-state index is 0.0562. The number of hydrogen-bond acceptors (Lipinski definition) is 3. The number of rotatable bonds is 9. The maximum Gasteiger partial charge on any atom is 0.306 e. The van der Waals surface area contributed by atoms with Gasteiger partial charge in [-0.2, -0.15) is 0 Å². The van der Waals surface area contributed by atoms with E-state index in [1.54, 1.807) is 6.92 Å². The quantitative estimate of drug-likeness (QED) is 0.662. The van der Waals surface area contributed by atoms with Gasteiger partial charge in [0.15, 0.2) is 0 Å². The fourth-order valence-electron chi connectivity index (χ4n) is 1.76. The average Bonchev–Trinajstić information content (AvgIpc) is 2.33. The molecule has 0 spiro atoms. The third-order valence-corrected chi connectivity index (χ3v) is 4.26. The summed E-state index contributed by atoms with van der Waals surface area (Å²) in [5.74, 6) is 0.377. The molecule has 0 saturated carbocycles. The molecule has 0 radical (unpaired) electrons. The third-order valence-electron chi connectivity index (χ3n) is 4.26. The van der Waals surface area contributed by atoms with Gasteiger partial charge in [0.25, 0.3) is 0 Å². The Morgan fingerprint density at radius 3 is 2.19 bits per heavy atom. The normalized spacial score (nSPS) is 12.4. The Balaban J connectivity index is 4.15. The predicted octanol–water partition coefficient (Wildman–Crippen LogP) is 3.54. The topological polar surface area (TPSA) is 55.4 Å². The molecule has 0 aliphatic heterocycles. The summed E-state index contributed by atoms with van der Waals surface area (Å²) in [4.78, 5) is 23.5. The van der Waals surface area contributed by atoms with Crippen molar-refractivity contribution in [2.45, 2.75) is 67.7 Å². The lowest BCUT2D eigenvalue weighted by Gasteiger charge is -2.29. The minimum atomic E-state index is -0.211. The van der Waals surface area contributed by atoms with E-state index in [2.05, 4.69) is 33.0 Å². The van der Waals surface area contributed by atoms with Crippen molar-refractivity contribution in [3.63, 3.8) is 0 Å². The van der Waals surface area contributed by atoms with Gasteiger partial charge in [-0.05, 0) is 30.1 Å². The molecule has 0 bridgehead atoms. The van der Waals surface area contributed by atoms with Crippen molar-refractivity contribution in [1.82, 2.24) is 5.32 Å². The lowest BCUT2D eigenvalue weighted by atomic mass is 9.81. The summed E-state index contributed by atoms with van der Waals surface area (Å²) in [6.45, 7) is 15.5. The third kappa shape index (κ3) is 8.74. The van der Waals surface area contributed by atoms with Crippen LogP contribution in [-0.2, 0) is 14.3 Å². The van der Waals surface area contributed by atoms with Crippen LogP contribution in [0.3, 0.4) is 0 Å². The molecule has 0 aromatic carbocycles. The van der Waals surface area contributed by atoms with Gasteiger partial charge in [-0.25, -0.2) is 0 Å². The van der Waals surface area contributed by atoms with Gasteiger partial charge in [0.05, 0.1) is 13.0 Å². The van der Waals surface area contributed by atoms with Gasteiger partial charge in [0, 0.05) is 13.0 Å². The average molecular weight is 299 g/mol. The summed E-state index contributed by atoms with van der Waals surface area (Å²) >= 11 is 0. The zero-order valence-electron chi connectivity index (χ0n) is 14.8. The molecule has 0 atom stereocenters. The molecular formula is C17H33NO3. The summed E-state index contributed by atoms with van der Waals surface area (Å²) in [5.41, 5.74) is -0.118. The van der Waals surface area contributed by atoms with Crippen molar-refractivity contribution >= 4 is 11.9 Å². The van der Waals surface area contributed by atoms with E-state index >= 15 is 0 Å². The molecular weight excluding hydrogens is 266 g/mol. The van der Waals surface area contributed by atoms with Crippen LogP contribution in [0.5, 0.6) is 0 Å². The molecule has 1 N–H and O–H groups in total. The number of hydrogen-bond donors (Lipinski definition) is 1. The fourth-order valence-corrected chi connectivity index (χ4v) is 1.76. The van der Waals surface area contributed by atoms with Crippen LogP contribution in [0.4, 0.5) is 0 Å². The second kappa shape index (κ2) is 8.40. The molecule has 0 heterocycles. The fraction of sp³-hybridized carbons (Fsp3) is 0.882. The van der Waals surface area contributed by atoms with E-state index in [4.69, 9.17) is 4.74 Å². The van der Waals surface area contributed by atoms with Gasteiger partial charge in [-0.1, -0.05) is 41.5 Å². The van der Waals surface area contributed by atoms with E-state index in [0.717, 1.165) is 0 Å². The van der Waals surface area contributed by atoms with Crippen LogP contribution in [0.25, 0.3) is 0 Å². The molecule has 4 nitrogen and oxygen atoms in total. The van der Waals surface area contributed by atoms with E-state index in [9.17, 15) is 9.59 Å². The Bertz CT molecular complexity index is 346. The van der Waals surface area contributed by atoms with Crippen molar-refractivity contribution in [2.75, 3.05) is 13.2 Å². The van der Waals surface area contributed by atoms with Crippen LogP contribution in [0.15, 0.2) is 0 Å². The van der Waals surface area contributed by atoms with Crippen LogP contribution in [0.2, 0.25) is 0 Å². The van der Waals surface area contributed by atoms with Crippen LogP contribution in [-0.4, -0.2) is 25.0 Å².